The number of nitrogens with one attached hydrogen (secondary N) is 2. The van der Waals surface area contributed by atoms with E-state index in [1.165, 1.54) is 0 Å². The van der Waals surface area contributed by atoms with Gasteiger partial charge in [0, 0.05) is 12.2 Å². The maximum Gasteiger partial charge on any atom is 0.319 e. The third-order valence-corrected chi connectivity index (χ3v) is 3.66. The number of carbonyl (C=O) groups is 2. The van der Waals surface area contributed by atoms with Crippen LogP contribution in [-0.2, 0) is 11.2 Å². The van der Waals surface area contributed by atoms with Gasteiger partial charge < -0.3 is 21.1 Å². The number of rotatable bonds is 8. The molecule has 0 heterocycles. The van der Waals surface area contributed by atoms with E-state index in [9.17, 15) is 9.59 Å². The van der Waals surface area contributed by atoms with E-state index < -0.39 is 11.8 Å². The molecule has 132 valence electrons. The van der Waals surface area contributed by atoms with Crippen molar-refractivity contribution >= 4 is 17.6 Å². The van der Waals surface area contributed by atoms with Crippen LogP contribution in [0.25, 0.3) is 0 Å². The van der Waals surface area contributed by atoms with Gasteiger partial charge in [0.05, 0.1) is 12.5 Å². The summed E-state index contributed by atoms with van der Waals surface area (Å²) < 4.78 is 5.39. The normalized spacial score (nSPS) is 11.4. The van der Waals surface area contributed by atoms with E-state index in [1.54, 1.807) is 12.1 Å². The van der Waals surface area contributed by atoms with Crippen molar-refractivity contribution in [3.05, 3.63) is 60.2 Å². The number of hydrogen-bond acceptors (Lipinski definition) is 3. The lowest BCUT2D eigenvalue weighted by atomic mass is 9.98. The van der Waals surface area contributed by atoms with Crippen LogP contribution in [0.4, 0.5) is 10.5 Å². The fourth-order valence-electron chi connectivity index (χ4n) is 2.36. The Balaban J connectivity index is 1.87. The summed E-state index contributed by atoms with van der Waals surface area (Å²) in [6.07, 6.45) is 0.452. The van der Waals surface area contributed by atoms with Crippen molar-refractivity contribution in [1.82, 2.24) is 5.32 Å². The highest BCUT2D eigenvalue weighted by Crippen LogP contribution is 2.15. The molecule has 2 aromatic rings. The number of hydrogen-bond donors (Lipinski definition) is 3. The van der Waals surface area contributed by atoms with E-state index in [-0.39, 0.29) is 12.6 Å². The van der Waals surface area contributed by atoms with Gasteiger partial charge in [0.1, 0.15) is 5.75 Å². The highest BCUT2D eigenvalue weighted by molar-refractivity contribution is 5.89. The molecule has 25 heavy (non-hydrogen) atoms. The molecule has 6 heteroatoms. The SMILES string of the molecule is CCOc1ccc(C[C@H](CNC(=O)Nc2ccccc2)C(N)=O)cc1. The lowest BCUT2D eigenvalue weighted by molar-refractivity contribution is -0.121. The number of amides is 3. The standard InChI is InChI=1S/C19H23N3O3/c1-2-25-17-10-8-14(9-11-17)12-15(18(20)23)13-21-19(24)22-16-6-4-3-5-7-16/h3-11,15H,2,12-13H2,1H3,(H2,20,23)(H2,21,22,24)/t15-/m1/s1. The van der Waals surface area contributed by atoms with E-state index in [0.29, 0.717) is 18.7 Å². The molecular weight excluding hydrogens is 318 g/mol. The van der Waals surface area contributed by atoms with Crippen LogP contribution in [0.15, 0.2) is 54.6 Å². The topological polar surface area (TPSA) is 93.4 Å². The first-order valence-corrected chi connectivity index (χ1v) is 8.19. The quantitative estimate of drug-likeness (QED) is 0.689. The van der Waals surface area contributed by atoms with Gasteiger partial charge in [0.25, 0.3) is 0 Å². The molecule has 0 fully saturated rings. The summed E-state index contributed by atoms with van der Waals surface area (Å²) in [5.74, 6) is -0.157. The molecule has 0 aliphatic carbocycles. The molecule has 0 unspecified atom stereocenters. The monoisotopic (exact) mass is 341 g/mol. The lowest BCUT2D eigenvalue weighted by Gasteiger charge is -2.15. The highest BCUT2D eigenvalue weighted by atomic mass is 16.5. The van der Waals surface area contributed by atoms with Crippen molar-refractivity contribution in [3.63, 3.8) is 0 Å². The van der Waals surface area contributed by atoms with Crippen LogP contribution in [0.1, 0.15) is 12.5 Å². The predicted octanol–water partition coefficient (Wildman–Crippen LogP) is 2.55. The van der Waals surface area contributed by atoms with E-state index >= 15 is 0 Å². The first-order chi connectivity index (χ1) is 12.1. The van der Waals surface area contributed by atoms with Crippen LogP contribution in [0.2, 0.25) is 0 Å². The Morgan fingerprint density at radius 3 is 2.36 bits per heavy atom. The van der Waals surface area contributed by atoms with Gasteiger partial charge in [-0.1, -0.05) is 30.3 Å². The van der Waals surface area contributed by atoms with Gasteiger partial charge in [-0.3, -0.25) is 4.79 Å². The van der Waals surface area contributed by atoms with Gasteiger partial charge in [0.2, 0.25) is 5.91 Å². The van der Waals surface area contributed by atoms with Crippen molar-refractivity contribution in [1.29, 1.82) is 0 Å². The van der Waals surface area contributed by atoms with Crippen LogP contribution in [-0.4, -0.2) is 25.1 Å². The van der Waals surface area contributed by atoms with Crippen molar-refractivity contribution in [2.45, 2.75) is 13.3 Å². The van der Waals surface area contributed by atoms with Gasteiger partial charge in [-0.15, -0.1) is 0 Å². The molecule has 0 bridgehead atoms. The third kappa shape index (κ3) is 6.18. The average Bonchev–Trinajstić information content (AvgIpc) is 2.61. The second-order valence-corrected chi connectivity index (χ2v) is 5.58. The summed E-state index contributed by atoms with van der Waals surface area (Å²) in [6, 6.07) is 16.2. The third-order valence-electron chi connectivity index (χ3n) is 3.66. The number of urea groups is 1. The Labute approximate surface area is 147 Å². The van der Waals surface area contributed by atoms with Gasteiger partial charge in [-0.25, -0.2) is 4.79 Å². The molecular formula is C19H23N3O3. The Morgan fingerprint density at radius 2 is 1.76 bits per heavy atom. The van der Waals surface area contributed by atoms with Crippen LogP contribution in [0, 0.1) is 5.92 Å². The van der Waals surface area contributed by atoms with Gasteiger partial charge >= 0.3 is 6.03 Å². The van der Waals surface area contributed by atoms with E-state index in [0.717, 1.165) is 11.3 Å². The maximum absolute atomic E-state index is 11.9. The van der Waals surface area contributed by atoms with Gasteiger partial charge in [-0.05, 0) is 43.2 Å². The van der Waals surface area contributed by atoms with Crippen molar-refractivity contribution in [2.75, 3.05) is 18.5 Å². The minimum Gasteiger partial charge on any atom is -0.494 e. The molecule has 0 aliphatic rings. The molecule has 6 nitrogen and oxygen atoms in total. The molecule has 0 saturated carbocycles. The number of ether oxygens (including phenoxy) is 1. The van der Waals surface area contributed by atoms with Crippen LogP contribution >= 0.6 is 0 Å². The molecule has 0 aliphatic heterocycles. The zero-order valence-electron chi connectivity index (χ0n) is 14.2. The Morgan fingerprint density at radius 1 is 1.08 bits per heavy atom. The predicted molar refractivity (Wildman–Crippen MR) is 97.5 cm³/mol. The summed E-state index contributed by atoms with van der Waals surface area (Å²) in [5, 5.41) is 5.39. The second kappa shape index (κ2) is 9.32. The van der Waals surface area contributed by atoms with E-state index in [4.69, 9.17) is 10.5 Å². The maximum atomic E-state index is 11.9. The van der Waals surface area contributed by atoms with Crippen molar-refractivity contribution in [3.8, 4) is 5.75 Å². The molecule has 0 aromatic heterocycles. The highest BCUT2D eigenvalue weighted by Gasteiger charge is 2.17. The molecule has 0 spiro atoms. The molecule has 2 rings (SSSR count). The molecule has 3 amide bonds. The van der Waals surface area contributed by atoms with E-state index in [1.807, 2.05) is 49.4 Å². The summed E-state index contributed by atoms with van der Waals surface area (Å²) in [7, 11) is 0. The molecule has 2 aromatic carbocycles. The first-order valence-electron chi connectivity index (χ1n) is 8.19. The largest absolute Gasteiger partial charge is 0.494 e. The number of anilines is 1. The molecule has 0 radical (unpaired) electrons. The summed E-state index contributed by atoms with van der Waals surface area (Å²) in [5.41, 5.74) is 7.10. The minimum absolute atomic E-state index is 0.168. The van der Waals surface area contributed by atoms with Crippen LogP contribution in [0.3, 0.4) is 0 Å². The molecule has 4 N–H and O–H groups in total. The fourth-order valence-corrected chi connectivity index (χ4v) is 2.36. The Kier molecular flexibility index (Phi) is 6.83. The molecule has 0 saturated heterocycles. The number of para-hydroxylation sites is 1. The van der Waals surface area contributed by atoms with Crippen molar-refractivity contribution in [2.24, 2.45) is 11.7 Å². The van der Waals surface area contributed by atoms with Crippen LogP contribution < -0.4 is 21.1 Å². The zero-order chi connectivity index (χ0) is 18.1. The number of primary amides is 1. The second-order valence-electron chi connectivity index (χ2n) is 5.58. The lowest BCUT2D eigenvalue weighted by Crippen LogP contribution is -2.39. The first kappa shape index (κ1) is 18.3. The van der Waals surface area contributed by atoms with E-state index in [2.05, 4.69) is 10.6 Å². The summed E-state index contributed by atoms with van der Waals surface area (Å²) >= 11 is 0. The zero-order valence-corrected chi connectivity index (χ0v) is 14.2. The number of carbonyl (C=O) groups excluding carboxylic acids is 2. The van der Waals surface area contributed by atoms with Gasteiger partial charge in [-0.2, -0.15) is 0 Å². The number of nitrogens with two attached hydrogens (primary N) is 1. The number of benzene rings is 2. The summed E-state index contributed by atoms with van der Waals surface area (Å²) in [6.45, 7) is 2.69. The Hall–Kier alpha value is -3.02. The summed E-state index contributed by atoms with van der Waals surface area (Å²) in [4.78, 5) is 23.6. The average molecular weight is 341 g/mol. The van der Waals surface area contributed by atoms with Crippen molar-refractivity contribution < 1.29 is 14.3 Å². The minimum atomic E-state index is -0.487. The molecule has 1 atom stereocenters. The fraction of sp³-hybridized carbons (Fsp3) is 0.263. The van der Waals surface area contributed by atoms with Crippen LogP contribution in [0.5, 0.6) is 5.75 Å². The van der Waals surface area contributed by atoms with Gasteiger partial charge in [0.15, 0.2) is 0 Å². The smallest absolute Gasteiger partial charge is 0.319 e. The Bertz CT molecular complexity index is 687.